The second-order valence-corrected chi connectivity index (χ2v) is 8.80. The molecule has 2 aromatic rings. The number of hydrogen-bond acceptors (Lipinski definition) is 3. The third-order valence-electron chi connectivity index (χ3n) is 5.94. The highest BCUT2D eigenvalue weighted by molar-refractivity contribution is 6.31. The summed E-state index contributed by atoms with van der Waals surface area (Å²) >= 11 is 6.29. The van der Waals surface area contributed by atoms with Crippen molar-refractivity contribution in [2.24, 2.45) is 10.9 Å². The number of piperazine rings is 1. The van der Waals surface area contributed by atoms with Gasteiger partial charge in [0.15, 0.2) is 5.82 Å². The molecule has 1 aromatic carbocycles. The molecular weight excluding hydrogens is 344 g/mol. The molecule has 0 bridgehead atoms. The number of hydrogen-bond donors (Lipinski definition) is 0. The highest BCUT2D eigenvalue weighted by atomic mass is 35.5. The average Bonchev–Trinajstić information content (AvgIpc) is 2.61. The molecule has 1 saturated heterocycles. The molecule has 0 radical (unpaired) electrons. The lowest BCUT2D eigenvalue weighted by Crippen LogP contribution is -2.56. The summed E-state index contributed by atoms with van der Waals surface area (Å²) in [5.41, 5.74) is 1.01. The summed E-state index contributed by atoms with van der Waals surface area (Å²) in [6.07, 6.45) is 3.43. The maximum atomic E-state index is 6.29. The fourth-order valence-corrected chi connectivity index (χ4v) is 4.26. The molecule has 0 saturated carbocycles. The van der Waals surface area contributed by atoms with Crippen LogP contribution < -0.4 is 15.5 Å². The summed E-state index contributed by atoms with van der Waals surface area (Å²) in [5, 5.41) is 4.15. The first-order valence-corrected chi connectivity index (χ1v) is 10.0. The molecule has 4 rings (SSSR count). The first-order valence-electron chi connectivity index (χ1n) is 9.64. The zero-order chi connectivity index (χ0) is 18.5. The van der Waals surface area contributed by atoms with Crippen LogP contribution in [0.3, 0.4) is 0 Å². The van der Waals surface area contributed by atoms with Gasteiger partial charge in [-0.3, -0.25) is 4.99 Å². The predicted octanol–water partition coefficient (Wildman–Crippen LogP) is 2.61. The van der Waals surface area contributed by atoms with E-state index in [9.17, 15) is 0 Å². The molecular formula is C21H28ClN4+. The molecule has 2 aliphatic rings. The zero-order valence-electron chi connectivity index (χ0n) is 16.2. The Hall–Kier alpha value is -1.65. The van der Waals surface area contributed by atoms with E-state index in [1.54, 1.807) is 0 Å². The van der Waals surface area contributed by atoms with E-state index in [2.05, 4.69) is 38.9 Å². The van der Waals surface area contributed by atoms with Crippen LogP contribution in [0.4, 0.5) is 5.82 Å². The molecule has 0 aliphatic carbocycles. The van der Waals surface area contributed by atoms with Gasteiger partial charge in [-0.15, -0.1) is 0 Å². The second kappa shape index (κ2) is 6.50. The summed E-state index contributed by atoms with van der Waals surface area (Å²) in [4.78, 5) is 12.6. The quantitative estimate of drug-likeness (QED) is 0.759. The molecule has 1 fully saturated rings. The second-order valence-electron chi connectivity index (χ2n) is 8.36. The average molecular weight is 372 g/mol. The summed E-state index contributed by atoms with van der Waals surface area (Å²) in [6.45, 7) is 8.78. The van der Waals surface area contributed by atoms with Crippen molar-refractivity contribution in [2.45, 2.75) is 26.3 Å². The van der Waals surface area contributed by atoms with Gasteiger partial charge in [-0.1, -0.05) is 31.5 Å². The molecule has 0 spiro atoms. The minimum Gasteiger partial charge on any atom is -0.344 e. The van der Waals surface area contributed by atoms with Crippen LogP contribution >= 0.6 is 11.6 Å². The Labute approximate surface area is 160 Å². The van der Waals surface area contributed by atoms with E-state index >= 15 is 0 Å². The predicted molar refractivity (Wildman–Crippen MR) is 109 cm³/mol. The number of rotatable bonds is 2. The number of aromatic nitrogens is 1. The van der Waals surface area contributed by atoms with Crippen molar-refractivity contribution < 1.29 is 4.48 Å². The van der Waals surface area contributed by atoms with E-state index in [0.717, 1.165) is 64.2 Å². The molecule has 3 heterocycles. The van der Waals surface area contributed by atoms with Crippen molar-refractivity contribution in [3.8, 4) is 0 Å². The van der Waals surface area contributed by atoms with Crippen molar-refractivity contribution in [3.63, 3.8) is 0 Å². The molecule has 0 amide bonds. The SMILES string of the molecule is CCC1N=c2c(N3CC[N+](C)(C)CC3)nc3ccc(Cl)cc3c2=CC1C. The topological polar surface area (TPSA) is 28.5 Å². The highest BCUT2D eigenvalue weighted by Crippen LogP contribution is 2.21. The van der Waals surface area contributed by atoms with Gasteiger partial charge in [-0.25, -0.2) is 4.98 Å². The monoisotopic (exact) mass is 371 g/mol. The first kappa shape index (κ1) is 17.7. The fraction of sp³-hybridized carbons (Fsp3) is 0.524. The Morgan fingerprint density at radius 2 is 1.96 bits per heavy atom. The maximum absolute atomic E-state index is 6.29. The molecule has 0 N–H and O–H groups in total. The zero-order valence-corrected chi connectivity index (χ0v) is 16.9. The molecule has 4 nitrogen and oxygen atoms in total. The van der Waals surface area contributed by atoms with Crippen molar-refractivity contribution in [2.75, 3.05) is 45.2 Å². The van der Waals surface area contributed by atoms with Crippen LogP contribution in [0.25, 0.3) is 17.0 Å². The molecule has 26 heavy (non-hydrogen) atoms. The fourth-order valence-electron chi connectivity index (χ4n) is 4.09. The van der Waals surface area contributed by atoms with E-state index in [-0.39, 0.29) is 0 Å². The van der Waals surface area contributed by atoms with Gasteiger partial charge in [0.25, 0.3) is 0 Å². The summed E-state index contributed by atoms with van der Waals surface area (Å²) < 4.78 is 1.07. The van der Waals surface area contributed by atoms with E-state index in [0.29, 0.717) is 12.0 Å². The largest absolute Gasteiger partial charge is 0.344 e. The summed E-state index contributed by atoms with van der Waals surface area (Å²) in [7, 11) is 4.60. The van der Waals surface area contributed by atoms with Gasteiger partial charge in [0.1, 0.15) is 5.36 Å². The van der Waals surface area contributed by atoms with Crippen LogP contribution in [0.15, 0.2) is 23.2 Å². The van der Waals surface area contributed by atoms with E-state index < -0.39 is 0 Å². The van der Waals surface area contributed by atoms with Crippen molar-refractivity contribution in [1.82, 2.24) is 4.98 Å². The van der Waals surface area contributed by atoms with Crippen LogP contribution in [-0.4, -0.2) is 55.8 Å². The smallest absolute Gasteiger partial charge is 0.155 e. The number of benzene rings is 1. The van der Waals surface area contributed by atoms with Gasteiger partial charge in [0, 0.05) is 15.6 Å². The lowest BCUT2D eigenvalue weighted by Gasteiger charge is -2.39. The van der Waals surface area contributed by atoms with Crippen LogP contribution in [-0.2, 0) is 0 Å². The highest BCUT2D eigenvalue weighted by Gasteiger charge is 2.27. The van der Waals surface area contributed by atoms with Crippen LogP contribution in [0.1, 0.15) is 20.3 Å². The van der Waals surface area contributed by atoms with Gasteiger partial charge < -0.3 is 9.38 Å². The molecule has 2 atom stereocenters. The third-order valence-corrected chi connectivity index (χ3v) is 6.18. The minimum atomic E-state index is 0.330. The molecule has 138 valence electrons. The Balaban J connectivity index is 1.94. The molecule has 2 unspecified atom stereocenters. The summed E-state index contributed by atoms with van der Waals surface area (Å²) in [5.74, 6) is 1.48. The minimum absolute atomic E-state index is 0.330. The Morgan fingerprint density at radius 1 is 1.23 bits per heavy atom. The number of nitrogens with zero attached hydrogens (tertiary/aromatic N) is 4. The number of fused-ring (bicyclic) bond motifs is 3. The van der Waals surface area contributed by atoms with Gasteiger partial charge in [-0.2, -0.15) is 0 Å². The third kappa shape index (κ3) is 3.10. The normalized spacial score (nSPS) is 24.7. The number of likely N-dealkylation sites (N-methyl/N-ethyl adjacent to an activating group) is 1. The number of halogens is 1. The van der Waals surface area contributed by atoms with Crippen molar-refractivity contribution in [1.29, 1.82) is 0 Å². The number of pyridine rings is 1. The van der Waals surface area contributed by atoms with Gasteiger partial charge in [-0.05, 0) is 30.5 Å². The first-order chi connectivity index (χ1) is 12.4. The van der Waals surface area contributed by atoms with Crippen LogP contribution in [0, 0.1) is 5.92 Å². The van der Waals surface area contributed by atoms with Crippen LogP contribution in [0.5, 0.6) is 0 Å². The molecule has 2 aliphatic heterocycles. The van der Waals surface area contributed by atoms with Crippen LogP contribution in [0.2, 0.25) is 5.02 Å². The van der Waals surface area contributed by atoms with Crippen molar-refractivity contribution in [3.05, 3.63) is 33.8 Å². The van der Waals surface area contributed by atoms with Crippen molar-refractivity contribution >= 4 is 34.4 Å². The van der Waals surface area contributed by atoms with E-state index in [4.69, 9.17) is 21.6 Å². The number of quaternary nitrogens is 1. The maximum Gasteiger partial charge on any atom is 0.155 e. The lowest BCUT2D eigenvalue weighted by molar-refractivity contribution is -0.890. The Morgan fingerprint density at radius 3 is 2.65 bits per heavy atom. The Kier molecular flexibility index (Phi) is 4.44. The van der Waals surface area contributed by atoms with E-state index in [1.165, 1.54) is 5.22 Å². The Bertz CT molecular complexity index is 956. The summed E-state index contributed by atoms with van der Waals surface area (Å²) in [6, 6.07) is 6.34. The van der Waals surface area contributed by atoms with Gasteiger partial charge in [0.2, 0.25) is 0 Å². The lowest BCUT2D eigenvalue weighted by atomic mass is 9.95. The van der Waals surface area contributed by atoms with Gasteiger partial charge >= 0.3 is 0 Å². The van der Waals surface area contributed by atoms with E-state index in [1.807, 2.05) is 18.2 Å². The number of anilines is 1. The molecule has 1 aromatic heterocycles. The van der Waals surface area contributed by atoms with Gasteiger partial charge in [0.05, 0.1) is 51.8 Å². The molecule has 5 heteroatoms. The standard InChI is InChI=1S/C21H28ClN4/c1-5-18-14(2)12-17-16-13-15(22)6-7-19(16)24-21(20(17)23-18)25-8-10-26(3,4)11-9-25/h6-7,12-14,18H,5,8-11H2,1-4H3/q+1.